The van der Waals surface area contributed by atoms with Gasteiger partial charge < -0.3 is 15.0 Å². The van der Waals surface area contributed by atoms with Crippen LogP contribution in [0.4, 0.5) is 0 Å². The molecule has 1 rings (SSSR count). The lowest BCUT2D eigenvalue weighted by molar-refractivity contribution is -0.140. The maximum Gasteiger partial charge on any atom is 0.307 e. The number of carbonyl (C=O) groups excluding carboxylic acids is 3. The number of hydrogen-bond acceptors (Lipinski definition) is 4. The van der Waals surface area contributed by atoms with E-state index >= 15 is 0 Å². The maximum absolute atomic E-state index is 12.6. The number of ether oxygens (including phenoxy) is 1. The van der Waals surface area contributed by atoms with Crippen LogP contribution >= 0.6 is 11.6 Å². The van der Waals surface area contributed by atoms with Crippen LogP contribution in [0.25, 0.3) is 0 Å². The van der Waals surface area contributed by atoms with Crippen molar-refractivity contribution in [2.45, 2.75) is 19.8 Å². The third kappa shape index (κ3) is 7.15. The molecule has 0 saturated heterocycles. The number of benzene rings is 1. The summed E-state index contributed by atoms with van der Waals surface area (Å²) in [4.78, 5) is 36.3. The van der Waals surface area contributed by atoms with E-state index in [4.69, 9.17) is 11.6 Å². The van der Waals surface area contributed by atoms with Crippen LogP contribution in [0.2, 0.25) is 5.02 Å². The summed E-state index contributed by atoms with van der Waals surface area (Å²) in [6.45, 7) is 2.57. The molecule has 0 aliphatic carbocycles. The predicted octanol–water partition coefficient (Wildman–Crippen LogP) is 1.87. The van der Waals surface area contributed by atoms with Crippen molar-refractivity contribution < 1.29 is 19.1 Å². The Hall–Kier alpha value is -2.08. The van der Waals surface area contributed by atoms with E-state index in [-0.39, 0.29) is 30.7 Å². The van der Waals surface area contributed by atoms with Gasteiger partial charge in [-0.2, -0.15) is 0 Å². The highest BCUT2D eigenvalue weighted by Gasteiger charge is 2.17. The van der Waals surface area contributed by atoms with Crippen molar-refractivity contribution in [2.75, 3.05) is 26.7 Å². The number of hydrogen-bond donors (Lipinski definition) is 1. The molecule has 0 atom stereocenters. The zero-order valence-electron chi connectivity index (χ0n) is 13.3. The van der Waals surface area contributed by atoms with E-state index in [0.717, 1.165) is 0 Å². The van der Waals surface area contributed by atoms with E-state index in [1.165, 1.54) is 14.0 Å². The Morgan fingerprint density at radius 1 is 1.26 bits per heavy atom. The Kier molecular flexibility index (Phi) is 8.11. The fraction of sp³-hybridized carbons (Fsp3) is 0.438. The molecule has 7 heteroatoms. The van der Waals surface area contributed by atoms with Gasteiger partial charge in [0.05, 0.1) is 13.5 Å². The number of nitrogens with zero attached hydrogens (tertiary/aromatic N) is 1. The summed E-state index contributed by atoms with van der Waals surface area (Å²) in [6.07, 6.45) is 0.704. The molecule has 0 spiro atoms. The largest absolute Gasteiger partial charge is 0.469 e. The molecular weight excluding hydrogens is 320 g/mol. The fourth-order valence-electron chi connectivity index (χ4n) is 1.98. The summed E-state index contributed by atoms with van der Waals surface area (Å²) in [5.74, 6) is -0.706. The van der Waals surface area contributed by atoms with Crippen LogP contribution in [0.1, 0.15) is 30.1 Å². The first-order valence-corrected chi connectivity index (χ1v) is 7.68. The lowest BCUT2D eigenvalue weighted by atomic mass is 10.2. The quantitative estimate of drug-likeness (QED) is 0.579. The van der Waals surface area contributed by atoms with Gasteiger partial charge in [0.25, 0.3) is 5.91 Å². The van der Waals surface area contributed by atoms with Crippen LogP contribution in [0.3, 0.4) is 0 Å². The zero-order chi connectivity index (χ0) is 17.2. The molecular formula is C16H21ClN2O4. The molecule has 1 aromatic carbocycles. The first-order valence-electron chi connectivity index (χ1n) is 7.30. The van der Waals surface area contributed by atoms with Gasteiger partial charge in [-0.3, -0.25) is 14.4 Å². The second-order valence-electron chi connectivity index (χ2n) is 4.97. The summed E-state index contributed by atoms with van der Waals surface area (Å²) in [5.41, 5.74) is 0.460. The van der Waals surface area contributed by atoms with E-state index in [1.54, 1.807) is 29.2 Å². The topological polar surface area (TPSA) is 75.7 Å². The first-order chi connectivity index (χ1) is 10.9. The normalized spacial score (nSPS) is 10.0. The summed E-state index contributed by atoms with van der Waals surface area (Å²) in [6, 6.07) is 6.65. The molecule has 0 aromatic heterocycles. The summed E-state index contributed by atoms with van der Waals surface area (Å²) >= 11 is 5.91. The molecule has 1 aromatic rings. The van der Waals surface area contributed by atoms with E-state index in [0.29, 0.717) is 30.1 Å². The van der Waals surface area contributed by atoms with Gasteiger partial charge in [0.1, 0.15) is 0 Å². The molecule has 0 heterocycles. The van der Waals surface area contributed by atoms with Crippen molar-refractivity contribution in [3.8, 4) is 0 Å². The Morgan fingerprint density at radius 2 is 2.00 bits per heavy atom. The minimum Gasteiger partial charge on any atom is -0.469 e. The average Bonchev–Trinajstić information content (AvgIpc) is 2.52. The molecule has 0 saturated carbocycles. The SMILES string of the molecule is COC(=O)CCN(CCCNC(C)=O)C(=O)c1cccc(Cl)c1. The van der Waals surface area contributed by atoms with E-state index in [2.05, 4.69) is 10.1 Å². The van der Waals surface area contributed by atoms with E-state index in [1.807, 2.05) is 0 Å². The van der Waals surface area contributed by atoms with Crippen LogP contribution in [0, 0.1) is 0 Å². The number of carbonyl (C=O) groups is 3. The molecule has 2 amide bonds. The minimum absolute atomic E-state index is 0.114. The average molecular weight is 341 g/mol. The predicted molar refractivity (Wildman–Crippen MR) is 87.3 cm³/mol. The Balaban J connectivity index is 2.70. The molecule has 0 aliphatic heterocycles. The monoisotopic (exact) mass is 340 g/mol. The Bertz CT molecular complexity index is 563. The van der Waals surface area contributed by atoms with Gasteiger partial charge in [-0.25, -0.2) is 0 Å². The Labute approximate surface area is 140 Å². The van der Waals surface area contributed by atoms with Gasteiger partial charge in [0.2, 0.25) is 5.91 Å². The van der Waals surface area contributed by atoms with Crippen LogP contribution in [0.15, 0.2) is 24.3 Å². The maximum atomic E-state index is 12.6. The molecule has 0 unspecified atom stereocenters. The van der Waals surface area contributed by atoms with Crippen molar-refractivity contribution in [1.82, 2.24) is 10.2 Å². The number of halogens is 1. The van der Waals surface area contributed by atoms with Crippen LogP contribution in [-0.4, -0.2) is 49.4 Å². The second-order valence-corrected chi connectivity index (χ2v) is 5.40. The van der Waals surface area contributed by atoms with Gasteiger partial charge in [-0.05, 0) is 24.6 Å². The van der Waals surface area contributed by atoms with Crippen LogP contribution in [-0.2, 0) is 14.3 Å². The number of methoxy groups -OCH3 is 1. The molecule has 1 N–H and O–H groups in total. The van der Waals surface area contributed by atoms with Crippen molar-refractivity contribution in [3.05, 3.63) is 34.9 Å². The molecule has 0 fully saturated rings. The molecule has 0 bridgehead atoms. The number of esters is 1. The van der Waals surface area contributed by atoms with Crippen molar-refractivity contribution in [2.24, 2.45) is 0 Å². The molecule has 6 nitrogen and oxygen atoms in total. The highest BCUT2D eigenvalue weighted by atomic mass is 35.5. The lowest BCUT2D eigenvalue weighted by Gasteiger charge is -2.22. The summed E-state index contributed by atoms with van der Waals surface area (Å²) < 4.78 is 4.61. The van der Waals surface area contributed by atoms with Gasteiger partial charge in [0, 0.05) is 37.1 Å². The summed E-state index contributed by atoms with van der Waals surface area (Å²) in [5, 5.41) is 3.15. The summed E-state index contributed by atoms with van der Waals surface area (Å²) in [7, 11) is 1.31. The van der Waals surface area contributed by atoms with Gasteiger partial charge >= 0.3 is 5.97 Å². The molecule has 126 valence electrons. The highest BCUT2D eigenvalue weighted by molar-refractivity contribution is 6.30. The van der Waals surface area contributed by atoms with Crippen molar-refractivity contribution in [1.29, 1.82) is 0 Å². The van der Waals surface area contributed by atoms with Gasteiger partial charge in [-0.1, -0.05) is 17.7 Å². The molecule has 0 radical (unpaired) electrons. The molecule has 0 aliphatic rings. The lowest BCUT2D eigenvalue weighted by Crippen LogP contribution is -2.35. The Morgan fingerprint density at radius 3 is 2.61 bits per heavy atom. The number of nitrogens with one attached hydrogen (secondary N) is 1. The van der Waals surface area contributed by atoms with Crippen LogP contribution in [0.5, 0.6) is 0 Å². The third-order valence-corrected chi connectivity index (χ3v) is 3.39. The van der Waals surface area contributed by atoms with Crippen molar-refractivity contribution >= 4 is 29.4 Å². The second kappa shape index (κ2) is 9.84. The minimum atomic E-state index is -0.379. The standard InChI is InChI=1S/C16H21ClN2O4/c1-12(20)18-8-4-9-19(10-7-15(21)23-2)16(22)13-5-3-6-14(17)11-13/h3,5-6,11H,4,7-10H2,1-2H3,(H,18,20). The third-order valence-electron chi connectivity index (χ3n) is 3.15. The first kappa shape index (κ1) is 19.0. The van der Waals surface area contributed by atoms with Gasteiger partial charge in [-0.15, -0.1) is 0 Å². The van der Waals surface area contributed by atoms with E-state index < -0.39 is 0 Å². The fourth-order valence-corrected chi connectivity index (χ4v) is 2.17. The smallest absolute Gasteiger partial charge is 0.307 e. The molecule has 23 heavy (non-hydrogen) atoms. The van der Waals surface area contributed by atoms with Gasteiger partial charge in [0.15, 0.2) is 0 Å². The number of rotatable bonds is 8. The zero-order valence-corrected chi connectivity index (χ0v) is 14.1. The highest BCUT2D eigenvalue weighted by Crippen LogP contribution is 2.13. The van der Waals surface area contributed by atoms with Crippen LogP contribution < -0.4 is 5.32 Å². The van der Waals surface area contributed by atoms with Crippen molar-refractivity contribution in [3.63, 3.8) is 0 Å². The number of amides is 2. The van der Waals surface area contributed by atoms with E-state index in [9.17, 15) is 14.4 Å².